The van der Waals surface area contributed by atoms with E-state index in [9.17, 15) is 4.79 Å². The van der Waals surface area contributed by atoms with E-state index in [1.807, 2.05) is 25.1 Å². The van der Waals surface area contributed by atoms with Crippen LogP contribution in [-0.2, 0) is 4.79 Å². The number of hydrogen-bond donors (Lipinski definition) is 1. The Hall–Kier alpha value is -1.26. The van der Waals surface area contributed by atoms with E-state index in [1.54, 1.807) is 6.20 Å². The first-order chi connectivity index (χ1) is 8.59. The molecular weight excluding hydrogens is 270 g/mol. The van der Waals surface area contributed by atoms with E-state index >= 15 is 0 Å². The minimum Gasteiger partial charge on any atom is -0.481 e. The Bertz CT molecular complexity index is 601. The van der Waals surface area contributed by atoms with Crippen LogP contribution < -0.4 is 0 Å². The lowest BCUT2D eigenvalue weighted by molar-refractivity contribution is -0.136. The predicted molar refractivity (Wildman–Crippen MR) is 74.5 cm³/mol. The van der Waals surface area contributed by atoms with Gasteiger partial charge < -0.3 is 5.11 Å². The Morgan fingerprint density at radius 2 is 2.22 bits per heavy atom. The molecule has 0 atom stereocenters. The lowest BCUT2D eigenvalue weighted by atomic mass is 10.1. The average Bonchev–Trinajstić information content (AvgIpc) is 2.34. The molecule has 1 aromatic carbocycles. The van der Waals surface area contributed by atoms with Gasteiger partial charge in [-0.05, 0) is 24.6 Å². The van der Waals surface area contributed by atoms with Crippen LogP contribution in [-0.4, -0.2) is 21.8 Å². The fraction of sp³-hybridized carbons (Fsp3) is 0.231. The van der Waals surface area contributed by atoms with Gasteiger partial charge in [0.15, 0.2) is 0 Å². The summed E-state index contributed by atoms with van der Waals surface area (Å²) in [6.07, 6.45) is 1.88. The largest absolute Gasteiger partial charge is 0.481 e. The van der Waals surface area contributed by atoms with Crippen LogP contribution in [0, 0.1) is 6.92 Å². The van der Waals surface area contributed by atoms with Crippen molar-refractivity contribution in [2.75, 3.05) is 5.75 Å². The molecule has 0 saturated heterocycles. The number of hydrogen-bond acceptors (Lipinski definition) is 3. The molecule has 2 rings (SSSR count). The normalized spacial score (nSPS) is 10.8. The number of rotatable bonds is 4. The minimum absolute atomic E-state index is 0.154. The van der Waals surface area contributed by atoms with E-state index < -0.39 is 5.97 Å². The highest BCUT2D eigenvalue weighted by molar-refractivity contribution is 7.99. The monoisotopic (exact) mass is 281 g/mol. The van der Waals surface area contributed by atoms with Gasteiger partial charge in [0.2, 0.25) is 0 Å². The first-order valence-corrected chi connectivity index (χ1v) is 6.84. The van der Waals surface area contributed by atoms with Crippen LogP contribution in [0.2, 0.25) is 5.02 Å². The zero-order chi connectivity index (χ0) is 13.1. The van der Waals surface area contributed by atoms with Crippen LogP contribution in [0.1, 0.15) is 12.0 Å². The number of aryl methyl sites for hydroxylation is 1. The molecule has 0 aliphatic carbocycles. The summed E-state index contributed by atoms with van der Waals surface area (Å²) in [6, 6.07) is 5.69. The van der Waals surface area contributed by atoms with E-state index in [0.717, 1.165) is 21.4 Å². The lowest BCUT2D eigenvalue weighted by Crippen LogP contribution is -1.96. The summed E-state index contributed by atoms with van der Waals surface area (Å²) in [5, 5.41) is 10.4. The summed E-state index contributed by atoms with van der Waals surface area (Å²) in [5.74, 6) is -0.226. The first-order valence-electron chi connectivity index (χ1n) is 5.48. The van der Waals surface area contributed by atoms with Crippen LogP contribution in [0.25, 0.3) is 10.9 Å². The van der Waals surface area contributed by atoms with Crippen LogP contribution in [0.4, 0.5) is 0 Å². The topological polar surface area (TPSA) is 50.2 Å². The maximum atomic E-state index is 10.5. The predicted octanol–water partition coefficient (Wildman–Crippen LogP) is 3.76. The smallest absolute Gasteiger partial charge is 0.304 e. The molecule has 1 N–H and O–H groups in total. The van der Waals surface area contributed by atoms with Crippen LogP contribution in [0.5, 0.6) is 0 Å². The van der Waals surface area contributed by atoms with Gasteiger partial charge in [-0.1, -0.05) is 17.7 Å². The Morgan fingerprint density at radius 3 is 2.94 bits per heavy atom. The maximum Gasteiger partial charge on any atom is 0.304 e. The summed E-state index contributed by atoms with van der Waals surface area (Å²) in [4.78, 5) is 15.9. The highest BCUT2D eigenvalue weighted by Gasteiger charge is 2.08. The maximum absolute atomic E-state index is 10.5. The van der Waals surface area contributed by atoms with Crippen molar-refractivity contribution in [2.45, 2.75) is 18.2 Å². The lowest BCUT2D eigenvalue weighted by Gasteiger charge is -2.08. The van der Waals surface area contributed by atoms with E-state index in [4.69, 9.17) is 16.7 Å². The SMILES string of the molecule is Cc1c(Cl)ccc2c(SCCC(=O)O)ccnc12. The van der Waals surface area contributed by atoms with Gasteiger partial charge in [0.25, 0.3) is 0 Å². The molecular formula is C13H12ClNO2S. The second-order valence-corrected chi connectivity index (χ2v) is 5.41. The molecule has 0 saturated carbocycles. The highest BCUT2D eigenvalue weighted by atomic mass is 35.5. The zero-order valence-electron chi connectivity index (χ0n) is 9.81. The van der Waals surface area contributed by atoms with Crippen molar-refractivity contribution >= 4 is 40.2 Å². The Kier molecular flexibility index (Phi) is 4.09. The number of carbonyl (C=O) groups is 1. The van der Waals surface area contributed by atoms with Crippen LogP contribution in [0.15, 0.2) is 29.3 Å². The second kappa shape index (κ2) is 5.59. The van der Waals surface area contributed by atoms with Crippen LogP contribution in [0.3, 0.4) is 0 Å². The number of nitrogens with zero attached hydrogens (tertiary/aromatic N) is 1. The molecule has 1 aromatic heterocycles. The van der Waals surface area contributed by atoms with Crippen molar-refractivity contribution in [3.8, 4) is 0 Å². The van der Waals surface area contributed by atoms with E-state index in [2.05, 4.69) is 4.98 Å². The van der Waals surface area contributed by atoms with Crippen molar-refractivity contribution < 1.29 is 9.90 Å². The van der Waals surface area contributed by atoms with Gasteiger partial charge in [-0.15, -0.1) is 11.8 Å². The molecule has 0 radical (unpaired) electrons. The van der Waals surface area contributed by atoms with Crippen LogP contribution >= 0.6 is 23.4 Å². The van der Waals surface area contributed by atoms with Gasteiger partial charge in [-0.3, -0.25) is 9.78 Å². The number of carboxylic acids is 1. The molecule has 2 aromatic rings. The molecule has 18 heavy (non-hydrogen) atoms. The van der Waals surface area contributed by atoms with Crippen molar-refractivity contribution in [1.29, 1.82) is 0 Å². The number of halogens is 1. The number of carboxylic acid groups (broad SMARTS) is 1. The number of pyridine rings is 1. The van der Waals surface area contributed by atoms with E-state index in [-0.39, 0.29) is 6.42 Å². The van der Waals surface area contributed by atoms with Crippen molar-refractivity contribution in [3.63, 3.8) is 0 Å². The summed E-state index contributed by atoms with van der Waals surface area (Å²) in [5.41, 5.74) is 1.83. The molecule has 0 aliphatic rings. The zero-order valence-corrected chi connectivity index (χ0v) is 11.4. The van der Waals surface area contributed by atoms with Crippen molar-refractivity contribution in [2.24, 2.45) is 0 Å². The quantitative estimate of drug-likeness (QED) is 0.867. The fourth-order valence-electron chi connectivity index (χ4n) is 1.68. The van der Waals surface area contributed by atoms with Gasteiger partial charge in [0.1, 0.15) is 0 Å². The number of benzene rings is 1. The number of fused-ring (bicyclic) bond motifs is 1. The molecule has 0 unspecified atom stereocenters. The van der Waals surface area contributed by atoms with E-state index in [1.165, 1.54) is 11.8 Å². The standard InChI is InChI=1S/C13H12ClNO2S/c1-8-10(14)3-2-9-11(4-6-15-13(8)9)18-7-5-12(16)17/h2-4,6H,5,7H2,1H3,(H,16,17). The Labute approximate surface area is 114 Å². The second-order valence-electron chi connectivity index (χ2n) is 3.87. The number of thioether (sulfide) groups is 1. The summed E-state index contributed by atoms with van der Waals surface area (Å²) in [7, 11) is 0. The Morgan fingerprint density at radius 1 is 1.44 bits per heavy atom. The van der Waals surface area contributed by atoms with Gasteiger partial charge in [0.05, 0.1) is 11.9 Å². The average molecular weight is 282 g/mol. The third-order valence-corrected chi connectivity index (χ3v) is 4.12. The Balaban J connectivity index is 2.34. The number of aliphatic carboxylic acids is 1. The molecule has 0 amide bonds. The highest BCUT2D eigenvalue weighted by Crippen LogP contribution is 2.31. The third kappa shape index (κ3) is 2.76. The summed E-state index contributed by atoms with van der Waals surface area (Å²) >= 11 is 7.59. The number of aromatic nitrogens is 1. The molecule has 0 aliphatic heterocycles. The fourth-order valence-corrected chi connectivity index (χ4v) is 2.81. The van der Waals surface area contributed by atoms with Crippen molar-refractivity contribution in [1.82, 2.24) is 4.98 Å². The van der Waals surface area contributed by atoms with Gasteiger partial charge in [-0.2, -0.15) is 0 Å². The molecule has 0 spiro atoms. The van der Waals surface area contributed by atoms with Gasteiger partial charge in [0, 0.05) is 27.3 Å². The molecule has 0 bridgehead atoms. The molecule has 94 valence electrons. The molecule has 1 heterocycles. The van der Waals surface area contributed by atoms with Gasteiger partial charge >= 0.3 is 5.97 Å². The minimum atomic E-state index is -0.778. The summed E-state index contributed by atoms with van der Waals surface area (Å²) < 4.78 is 0. The summed E-state index contributed by atoms with van der Waals surface area (Å²) in [6.45, 7) is 1.93. The molecule has 3 nitrogen and oxygen atoms in total. The molecule has 5 heteroatoms. The third-order valence-electron chi connectivity index (χ3n) is 2.63. The van der Waals surface area contributed by atoms with Crippen molar-refractivity contribution in [3.05, 3.63) is 35.0 Å². The first kappa shape index (κ1) is 13.2. The van der Waals surface area contributed by atoms with E-state index in [0.29, 0.717) is 10.8 Å². The van der Waals surface area contributed by atoms with Gasteiger partial charge in [-0.25, -0.2) is 0 Å². The molecule has 0 fully saturated rings.